The predicted molar refractivity (Wildman–Crippen MR) is 68.1 cm³/mol. The number of pyridine rings is 1. The number of rotatable bonds is 8. The topological polar surface area (TPSA) is 57.4 Å². The van der Waals surface area contributed by atoms with Gasteiger partial charge in [0, 0.05) is 24.9 Å². The lowest BCUT2D eigenvalue weighted by Gasteiger charge is -2.08. The van der Waals surface area contributed by atoms with Gasteiger partial charge in [-0.25, -0.2) is 4.98 Å². The van der Waals surface area contributed by atoms with Crippen molar-refractivity contribution in [3.05, 3.63) is 23.4 Å². The molecule has 0 saturated heterocycles. The second kappa shape index (κ2) is 8.03. The van der Waals surface area contributed by atoms with Crippen molar-refractivity contribution in [2.45, 2.75) is 33.2 Å². The molecule has 1 aromatic heterocycles. The highest BCUT2D eigenvalue weighted by atomic mass is 16.5. The molecule has 0 aliphatic carbocycles. The van der Waals surface area contributed by atoms with Crippen LogP contribution in [0.15, 0.2) is 12.1 Å². The summed E-state index contributed by atoms with van der Waals surface area (Å²) < 4.78 is 10.9. The molecule has 4 heteroatoms. The van der Waals surface area contributed by atoms with Crippen molar-refractivity contribution in [2.75, 3.05) is 19.8 Å². The van der Waals surface area contributed by atoms with E-state index in [9.17, 15) is 0 Å². The van der Waals surface area contributed by atoms with E-state index in [1.807, 2.05) is 19.1 Å². The Labute approximate surface area is 103 Å². The predicted octanol–water partition coefficient (Wildman–Crippen LogP) is 2.04. The van der Waals surface area contributed by atoms with E-state index in [0.29, 0.717) is 25.6 Å². The molecule has 0 aliphatic rings. The van der Waals surface area contributed by atoms with Crippen LogP contribution in [-0.2, 0) is 11.3 Å². The van der Waals surface area contributed by atoms with E-state index < -0.39 is 0 Å². The van der Waals surface area contributed by atoms with E-state index in [1.165, 1.54) is 0 Å². The highest BCUT2D eigenvalue weighted by molar-refractivity contribution is 5.24. The Hall–Kier alpha value is -1.13. The van der Waals surface area contributed by atoms with Crippen molar-refractivity contribution in [1.29, 1.82) is 0 Å². The number of ether oxygens (including phenoxy) is 2. The molecule has 1 aromatic rings. The summed E-state index contributed by atoms with van der Waals surface area (Å²) in [5.41, 5.74) is 7.56. The molecule has 0 spiro atoms. The molecule has 0 atom stereocenters. The van der Waals surface area contributed by atoms with Gasteiger partial charge in [0.2, 0.25) is 5.88 Å². The van der Waals surface area contributed by atoms with Gasteiger partial charge in [-0.3, -0.25) is 0 Å². The number of aromatic nitrogens is 1. The lowest BCUT2D eigenvalue weighted by molar-refractivity contribution is 0.0964. The lowest BCUT2D eigenvalue weighted by atomic mass is 10.2. The Morgan fingerprint density at radius 2 is 2.06 bits per heavy atom. The Balaban J connectivity index is 2.28. The quantitative estimate of drug-likeness (QED) is 0.704. The third-order valence-corrected chi connectivity index (χ3v) is 2.35. The Kier molecular flexibility index (Phi) is 6.58. The monoisotopic (exact) mass is 238 g/mol. The minimum Gasteiger partial charge on any atom is -0.475 e. The number of hydrogen-bond donors (Lipinski definition) is 1. The van der Waals surface area contributed by atoms with Crippen molar-refractivity contribution in [3.8, 4) is 5.88 Å². The summed E-state index contributed by atoms with van der Waals surface area (Å²) >= 11 is 0. The van der Waals surface area contributed by atoms with Gasteiger partial charge in [0.25, 0.3) is 0 Å². The van der Waals surface area contributed by atoms with E-state index in [2.05, 4.69) is 11.9 Å². The molecular weight excluding hydrogens is 216 g/mol. The minimum absolute atomic E-state index is 0.507. The molecule has 4 nitrogen and oxygen atoms in total. The highest BCUT2D eigenvalue weighted by Crippen LogP contribution is 2.11. The van der Waals surface area contributed by atoms with Gasteiger partial charge in [-0.15, -0.1) is 0 Å². The molecule has 0 radical (unpaired) electrons. The van der Waals surface area contributed by atoms with Crippen molar-refractivity contribution in [2.24, 2.45) is 5.73 Å². The first-order chi connectivity index (χ1) is 8.26. The van der Waals surface area contributed by atoms with Crippen LogP contribution in [0, 0.1) is 6.92 Å². The van der Waals surface area contributed by atoms with Crippen LogP contribution in [0.25, 0.3) is 0 Å². The fourth-order valence-corrected chi connectivity index (χ4v) is 1.45. The van der Waals surface area contributed by atoms with Gasteiger partial charge < -0.3 is 15.2 Å². The van der Waals surface area contributed by atoms with E-state index in [-0.39, 0.29) is 0 Å². The molecule has 1 rings (SSSR count). The van der Waals surface area contributed by atoms with Gasteiger partial charge in [-0.1, -0.05) is 13.3 Å². The van der Waals surface area contributed by atoms with Gasteiger partial charge in [-0.05, 0) is 25.0 Å². The molecule has 2 N–H and O–H groups in total. The van der Waals surface area contributed by atoms with E-state index >= 15 is 0 Å². The Morgan fingerprint density at radius 3 is 2.76 bits per heavy atom. The van der Waals surface area contributed by atoms with Crippen LogP contribution < -0.4 is 10.5 Å². The summed E-state index contributed by atoms with van der Waals surface area (Å²) in [6, 6.07) is 3.84. The molecule has 0 amide bonds. The van der Waals surface area contributed by atoms with Gasteiger partial charge in [0.15, 0.2) is 0 Å². The standard InChI is InChI=1S/C13H22N2O2/c1-3-4-5-16-6-7-17-13-9-12(10-14)8-11(2)15-13/h8-9H,3-7,10,14H2,1-2H3. The van der Waals surface area contributed by atoms with Crippen molar-refractivity contribution in [3.63, 3.8) is 0 Å². The highest BCUT2D eigenvalue weighted by Gasteiger charge is 2.00. The second-order valence-electron chi connectivity index (χ2n) is 3.97. The van der Waals surface area contributed by atoms with Crippen LogP contribution in [0.5, 0.6) is 5.88 Å². The maximum Gasteiger partial charge on any atom is 0.213 e. The molecule has 0 unspecified atom stereocenters. The summed E-state index contributed by atoms with van der Waals surface area (Å²) in [5, 5.41) is 0. The van der Waals surface area contributed by atoms with Gasteiger partial charge in [0.05, 0.1) is 6.61 Å². The largest absolute Gasteiger partial charge is 0.475 e. The van der Waals surface area contributed by atoms with Crippen molar-refractivity contribution < 1.29 is 9.47 Å². The second-order valence-corrected chi connectivity index (χ2v) is 3.97. The average Bonchev–Trinajstić information content (AvgIpc) is 2.33. The zero-order valence-electron chi connectivity index (χ0n) is 10.7. The number of unbranched alkanes of at least 4 members (excludes halogenated alkanes) is 1. The first kappa shape index (κ1) is 13.9. The fourth-order valence-electron chi connectivity index (χ4n) is 1.45. The van der Waals surface area contributed by atoms with Crippen LogP contribution in [0.2, 0.25) is 0 Å². The molecule has 17 heavy (non-hydrogen) atoms. The van der Waals surface area contributed by atoms with Gasteiger partial charge in [0.1, 0.15) is 6.61 Å². The lowest BCUT2D eigenvalue weighted by Crippen LogP contribution is -2.09. The van der Waals surface area contributed by atoms with E-state index in [4.69, 9.17) is 15.2 Å². The number of nitrogens with zero attached hydrogens (tertiary/aromatic N) is 1. The Bertz CT molecular complexity index is 329. The summed E-state index contributed by atoms with van der Waals surface area (Å²) in [5.74, 6) is 0.629. The van der Waals surface area contributed by atoms with Crippen molar-refractivity contribution >= 4 is 0 Å². The van der Waals surface area contributed by atoms with Gasteiger partial charge >= 0.3 is 0 Å². The van der Waals surface area contributed by atoms with Crippen molar-refractivity contribution in [1.82, 2.24) is 4.98 Å². The average molecular weight is 238 g/mol. The summed E-state index contributed by atoms with van der Waals surface area (Å²) in [6.07, 6.45) is 2.25. The zero-order valence-corrected chi connectivity index (χ0v) is 10.7. The molecule has 96 valence electrons. The molecule has 0 fully saturated rings. The molecule has 1 heterocycles. The van der Waals surface area contributed by atoms with Crippen LogP contribution in [0.4, 0.5) is 0 Å². The van der Waals surface area contributed by atoms with E-state index in [0.717, 1.165) is 30.7 Å². The third kappa shape index (κ3) is 5.65. The maximum atomic E-state index is 5.59. The van der Waals surface area contributed by atoms with Crippen LogP contribution in [0.1, 0.15) is 31.0 Å². The minimum atomic E-state index is 0.507. The normalized spacial score (nSPS) is 10.5. The third-order valence-electron chi connectivity index (χ3n) is 2.35. The summed E-state index contributed by atoms with van der Waals surface area (Å²) in [4.78, 5) is 4.28. The molecule has 0 bridgehead atoms. The van der Waals surface area contributed by atoms with Crippen LogP contribution in [-0.4, -0.2) is 24.8 Å². The number of aryl methyl sites for hydroxylation is 1. The molecule has 0 saturated carbocycles. The molecule has 0 aromatic carbocycles. The SMILES string of the molecule is CCCCOCCOc1cc(CN)cc(C)n1. The van der Waals surface area contributed by atoms with Gasteiger partial charge in [-0.2, -0.15) is 0 Å². The zero-order chi connectivity index (χ0) is 12.5. The fraction of sp³-hybridized carbons (Fsp3) is 0.615. The smallest absolute Gasteiger partial charge is 0.213 e. The summed E-state index contributed by atoms with van der Waals surface area (Å²) in [6.45, 7) is 6.52. The first-order valence-corrected chi connectivity index (χ1v) is 6.14. The summed E-state index contributed by atoms with van der Waals surface area (Å²) in [7, 11) is 0. The molecular formula is C13H22N2O2. The maximum absolute atomic E-state index is 5.59. The first-order valence-electron chi connectivity index (χ1n) is 6.14. The van der Waals surface area contributed by atoms with E-state index in [1.54, 1.807) is 0 Å². The van der Waals surface area contributed by atoms with Crippen LogP contribution in [0.3, 0.4) is 0 Å². The number of hydrogen-bond acceptors (Lipinski definition) is 4. The van der Waals surface area contributed by atoms with Crippen LogP contribution >= 0.6 is 0 Å². The molecule has 0 aliphatic heterocycles. The number of nitrogens with two attached hydrogens (primary N) is 1. The Morgan fingerprint density at radius 1 is 1.24 bits per heavy atom.